The minimum Gasteiger partial charge on any atom is -0.459 e. The summed E-state index contributed by atoms with van der Waals surface area (Å²) in [6.07, 6.45) is 3.70. The van der Waals surface area contributed by atoms with E-state index in [9.17, 15) is 14.4 Å². The van der Waals surface area contributed by atoms with Crippen molar-refractivity contribution < 1.29 is 18.8 Å². The van der Waals surface area contributed by atoms with Gasteiger partial charge < -0.3 is 19.1 Å². The lowest BCUT2D eigenvalue weighted by molar-refractivity contribution is -0.117. The topological polar surface area (TPSA) is 74.1 Å². The number of nitrogens with zero attached hydrogens (tertiary/aromatic N) is 3. The zero-order valence-electron chi connectivity index (χ0n) is 15.5. The summed E-state index contributed by atoms with van der Waals surface area (Å²) in [6.45, 7) is 2.72. The van der Waals surface area contributed by atoms with Crippen LogP contribution >= 0.6 is 0 Å². The average Bonchev–Trinajstić information content (AvgIpc) is 3.37. The van der Waals surface area contributed by atoms with E-state index in [2.05, 4.69) is 0 Å². The molecule has 7 nitrogen and oxygen atoms in total. The smallest absolute Gasteiger partial charge is 0.289 e. The summed E-state index contributed by atoms with van der Waals surface area (Å²) in [5.74, 6) is 0.288. The minimum atomic E-state index is -0.141. The van der Waals surface area contributed by atoms with Crippen LogP contribution in [-0.4, -0.2) is 60.2 Å². The van der Waals surface area contributed by atoms with Crippen molar-refractivity contribution in [3.63, 3.8) is 0 Å². The molecule has 1 saturated heterocycles. The van der Waals surface area contributed by atoms with E-state index in [1.54, 1.807) is 21.9 Å². The molecule has 3 aliphatic heterocycles. The van der Waals surface area contributed by atoms with Gasteiger partial charge in [-0.25, -0.2) is 0 Å². The Bertz CT molecular complexity index is 958. The first-order valence-electron chi connectivity index (χ1n) is 9.70. The molecule has 0 spiro atoms. The van der Waals surface area contributed by atoms with Crippen LogP contribution in [-0.2, 0) is 17.6 Å². The number of piperazine rings is 1. The van der Waals surface area contributed by atoms with Crippen molar-refractivity contribution in [1.29, 1.82) is 0 Å². The summed E-state index contributed by atoms with van der Waals surface area (Å²) in [7, 11) is 0. The van der Waals surface area contributed by atoms with Gasteiger partial charge in [0.1, 0.15) is 0 Å². The van der Waals surface area contributed by atoms with Crippen LogP contribution in [0.5, 0.6) is 0 Å². The molecule has 3 aliphatic rings. The number of hydrogen-bond donors (Lipinski definition) is 0. The van der Waals surface area contributed by atoms with Crippen LogP contribution in [0, 0.1) is 0 Å². The van der Waals surface area contributed by atoms with E-state index in [1.165, 1.54) is 6.26 Å². The summed E-state index contributed by atoms with van der Waals surface area (Å²) in [6, 6.07) is 7.18. The first-order chi connectivity index (χ1) is 13.6. The van der Waals surface area contributed by atoms with Gasteiger partial charge in [-0.2, -0.15) is 0 Å². The highest BCUT2D eigenvalue weighted by molar-refractivity contribution is 6.05. The summed E-state index contributed by atoms with van der Waals surface area (Å²) in [5, 5.41) is 0. The van der Waals surface area contributed by atoms with Gasteiger partial charge in [-0.3, -0.25) is 14.4 Å². The van der Waals surface area contributed by atoms with Gasteiger partial charge in [0.25, 0.3) is 11.8 Å². The van der Waals surface area contributed by atoms with Crippen LogP contribution < -0.4 is 4.90 Å². The van der Waals surface area contributed by atoms with Gasteiger partial charge in [0.2, 0.25) is 5.91 Å². The minimum absolute atomic E-state index is 0.0272. The normalized spacial score (nSPS) is 18.4. The molecule has 0 saturated carbocycles. The molecule has 0 bridgehead atoms. The van der Waals surface area contributed by atoms with Gasteiger partial charge in [0, 0.05) is 38.3 Å². The lowest BCUT2D eigenvalue weighted by Gasteiger charge is -2.34. The molecular weight excluding hydrogens is 358 g/mol. The Balaban J connectivity index is 1.31. The molecule has 0 N–H and O–H groups in total. The maximum atomic E-state index is 13.1. The second-order valence-electron chi connectivity index (χ2n) is 7.53. The molecule has 144 valence electrons. The molecule has 0 aliphatic carbocycles. The maximum absolute atomic E-state index is 13.1. The zero-order valence-corrected chi connectivity index (χ0v) is 15.5. The van der Waals surface area contributed by atoms with Gasteiger partial charge in [0.05, 0.1) is 18.4 Å². The molecular formula is C21H21N3O4. The highest BCUT2D eigenvalue weighted by Crippen LogP contribution is 2.37. The van der Waals surface area contributed by atoms with Crippen molar-refractivity contribution in [2.75, 3.05) is 37.6 Å². The molecule has 1 fully saturated rings. The van der Waals surface area contributed by atoms with Crippen molar-refractivity contribution in [2.45, 2.75) is 19.3 Å². The van der Waals surface area contributed by atoms with Crippen molar-refractivity contribution in [3.8, 4) is 0 Å². The molecule has 4 heterocycles. The summed E-state index contributed by atoms with van der Waals surface area (Å²) >= 11 is 0. The molecule has 28 heavy (non-hydrogen) atoms. The van der Waals surface area contributed by atoms with E-state index in [-0.39, 0.29) is 17.7 Å². The van der Waals surface area contributed by atoms with E-state index in [0.29, 0.717) is 43.9 Å². The molecule has 1 aromatic heterocycles. The van der Waals surface area contributed by atoms with Crippen LogP contribution in [0.1, 0.15) is 38.5 Å². The number of furan rings is 1. The Kier molecular flexibility index (Phi) is 3.96. The van der Waals surface area contributed by atoms with E-state index in [4.69, 9.17) is 4.42 Å². The predicted octanol–water partition coefficient (Wildman–Crippen LogP) is 1.71. The SMILES string of the molecule is O=C(c1cc2c3c(c1)CC(=O)N3CCC2)N1CCN(C(=O)c2ccco2)CC1. The number of amides is 3. The fraction of sp³-hybridized carbons (Fsp3) is 0.381. The van der Waals surface area contributed by atoms with E-state index in [1.807, 2.05) is 17.0 Å². The van der Waals surface area contributed by atoms with E-state index < -0.39 is 0 Å². The second-order valence-corrected chi connectivity index (χ2v) is 7.53. The van der Waals surface area contributed by atoms with Crippen LogP contribution in [0.15, 0.2) is 34.9 Å². The van der Waals surface area contributed by atoms with Crippen molar-refractivity contribution in [2.24, 2.45) is 0 Å². The van der Waals surface area contributed by atoms with Crippen LogP contribution in [0.2, 0.25) is 0 Å². The third-order valence-corrected chi connectivity index (χ3v) is 5.84. The van der Waals surface area contributed by atoms with Crippen LogP contribution in [0.25, 0.3) is 0 Å². The monoisotopic (exact) mass is 379 g/mol. The fourth-order valence-electron chi connectivity index (χ4n) is 4.45. The number of carbonyl (C=O) groups excluding carboxylic acids is 3. The van der Waals surface area contributed by atoms with Gasteiger partial charge in [-0.1, -0.05) is 0 Å². The highest BCUT2D eigenvalue weighted by Gasteiger charge is 2.34. The molecule has 0 unspecified atom stereocenters. The molecule has 0 radical (unpaired) electrons. The van der Waals surface area contributed by atoms with E-state index in [0.717, 1.165) is 36.2 Å². The van der Waals surface area contributed by atoms with E-state index >= 15 is 0 Å². The molecule has 0 atom stereocenters. The highest BCUT2D eigenvalue weighted by atomic mass is 16.3. The Morgan fingerprint density at radius 2 is 1.64 bits per heavy atom. The first kappa shape index (κ1) is 17.0. The Hall–Kier alpha value is -3.09. The van der Waals surface area contributed by atoms with Crippen molar-refractivity contribution in [3.05, 3.63) is 53.0 Å². The quantitative estimate of drug-likeness (QED) is 0.796. The number of hydrogen-bond acceptors (Lipinski definition) is 4. The van der Waals surface area contributed by atoms with Crippen molar-refractivity contribution >= 4 is 23.4 Å². The van der Waals surface area contributed by atoms with Crippen LogP contribution in [0.3, 0.4) is 0 Å². The average molecular weight is 379 g/mol. The Labute approximate surface area is 162 Å². The molecule has 7 heteroatoms. The standard InChI is InChI=1S/C21H21N3O4/c25-18-13-15-12-16(11-14-3-1-5-24(18)19(14)15)20(26)22-6-8-23(9-7-22)21(27)17-4-2-10-28-17/h2,4,10-12H,1,3,5-9,13H2. The zero-order chi connectivity index (χ0) is 19.3. The van der Waals surface area contributed by atoms with Gasteiger partial charge >= 0.3 is 0 Å². The molecule has 5 rings (SSSR count). The van der Waals surface area contributed by atoms with Crippen molar-refractivity contribution in [1.82, 2.24) is 9.80 Å². The number of carbonyl (C=O) groups is 3. The van der Waals surface area contributed by atoms with Gasteiger partial charge in [-0.15, -0.1) is 0 Å². The number of anilines is 1. The Morgan fingerprint density at radius 3 is 2.36 bits per heavy atom. The largest absolute Gasteiger partial charge is 0.459 e. The summed E-state index contributed by atoms with van der Waals surface area (Å²) in [4.78, 5) is 43.0. The molecule has 2 aromatic rings. The second kappa shape index (κ2) is 6.51. The van der Waals surface area contributed by atoms with Crippen LogP contribution in [0.4, 0.5) is 5.69 Å². The number of aryl methyl sites for hydroxylation is 1. The third kappa shape index (κ3) is 2.69. The molecule has 3 amide bonds. The number of benzene rings is 1. The lowest BCUT2D eigenvalue weighted by atomic mass is 9.96. The first-order valence-corrected chi connectivity index (χ1v) is 9.70. The Morgan fingerprint density at radius 1 is 0.929 bits per heavy atom. The summed E-state index contributed by atoms with van der Waals surface area (Å²) in [5.41, 5.74) is 3.75. The fourth-order valence-corrected chi connectivity index (χ4v) is 4.45. The molecule has 1 aromatic carbocycles. The predicted molar refractivity (Wildman–Crippen MR) is 101 cm³/mol. The lowest BCUT2D eigenvalue weighted by Crippen LogP contribution is -2.50. The van der Waals surface area contributed by atoms with Gasteiger partial charge in [0.15, 0.2) is 5.76 Å². The third-order valence-electron chi connectivity index (χ3n) is 5.84. The number of rotatable bonds is 2. The summed E-state index contributed by atoms with van der Waals surface area (Å²) < 4.78 is 5.18. The maximum Gasteiger partial charge on any atom is 0.289 e. The van der Waals surface area contributed by atoms with Gasteiger partial charge in [-0.05, 0) is 48.2 Å².